The number of carbonyl (C=O) groups is 2. The van der Waals surface area contributed by atoms with Gasteiger partial charge in [-0.3, -0.25) is 9.48 Å². The number of hydrogen-bond donors (Lipinski definition) is 0. The molecule has 1 atom stereocenters. The van der Waals surface area contributed by atoms with E-state index in [1.165, 1.54) is 5.56 Å². The van der Waals surface area contributed by atoms with Crippen LogP contribution in [0.2, 0.25) is 0 Å². The van der Waals surface area contributed by atoms with Crippen LogP contribution in [0.1, 0.15) is 51.4 Å². The Labute approximate surface area is 183 Å². The molecule has 0 spiro atoms. The molecule has 0 bridgehead atoms. The Balaban J connectivity index is 1.64. The molecule has 0 aliphatic heterocycles. The zero-order chi connectivity index (χ0) is 22.5. The number of rotatable bonds is 7. The van der Waals surface area contributed by atoms with Gasteiger partial charge in [-0.25, -0.2) is 4.79 Å². The van der Waals surface area contributed by atoms with Crippen LogP contribution in [0.25, 0.3) is 0 Å². The maximum atomic E-state index is 12.7. The van der Waals surface area contributed by atoms with Crippen molar-refractivity contribution >= 4 is 11.9 Å². The highest BCUT2D eigenvalue weighted by molar-refractivity contribution is 5.93. The van der Waals surface area contributed by atoms with Gasteiger partial charge in [0.2, 0.25) is 0 Å². The van der Waals surface area contributed by atoms with Gasteiger partial charge in [0.25, 0.3) is 5.91 Å². The minimum absolute atomic E-state index is 0.117. The standard InChI is InChI=1S/C25H29N3O3/c1-17-11-13-21(14-12-17)15-28-20(4)24(18(2)26-28)25(30)31-16-23(29)27(5)19(3)22-9-7-6-8-10-22/h6-14,19H,15-16H2,1-5H3/t19-/m1/s1. The number of esters is 1. The summed E-state index contributed by atoms with van der Waals surface area (Å²) in [5, 5.41) is 4.50. The van der Waals surface area contributed by atoms with Crippen molar-refractivity contribution in [3.8, 4) is 0 Å². The van der Waals surface area contributed by atoms with E-state index in [9.17, 15) is 9.59 Å². The summed E-state index contributed by atoms with van der Waals surface area (Å²) in [6.07, 6.45) is 0. The highest BCUT2D eigenvalue weighted by Gasteiger charge is 2.23. The van der Waals surface area contributed by atoms with E-state index < -0.39 is 5.97 Å². The van der Waals surface area contributed by atoms with Gasteiger partial charge in [0, 0.05) is 7.05 Å². The van der Waals surface area contributed by atoms with Crippen LogP contribution in [0.4, 0.5) is 0 Å². The molecule has 0 saturated carbocycles. The Bertz CT molecular complexity index is 1060. The van der Waals surface area contributed by atoms with Crippen molar-refractivity contribution in [2.75, 3.05) is 13.7 Å². The second kappa shape index (κ2) is 9.60. The van der Waals surface area contributed by atoms with Crippen molar-refractivity contribution in [1.29, 1.82) is 0 Å². The molecule has 6 nitrogen and oxygen atoms in total. The molecule has 6 heteroatoms. The van der Waals surface area contributed by atoms with Crippen LogP contribution >= 0.6 is 0 Å². The van der Waals surface area contributed by atoms with Gasteiger partial charge in [0.05, 0.1) is 24.0 Å². The van der Waals surface area contributed by atoms with E-state index in [0.717, 1.165) is 16.8 Å². The van der Waals surface area contributed by atoms with E-state index >= 15 is 0 Å². The molecule has 0 unspecified atom stereocenters. The molecule has 162 valence electrons. The normalized spacial score (nSPS) is 11.8. The lowest BCUT2D eigenvalue weighted by Crippen LogP contribution is -2.33. The lowest BCUT2D eigenvalue weighted by Gasteiger charge is -2.25. The van der Waals surface area contributed by atoms with Crippen LogP contribution < -0.4 is 0 Å². The Kier molecular flexibility index (Phi) is 6.90. The van der Waals surface area contributed by atoms with E-state index in [-0.39, 0.29) is 18.6 Å². The zero-order valence-corrected chi connectivity index (χ0v) is 18.8. The topological polar surface area (TPSA) is 64.4 Å². The van der Waals surface area contributed by atoms with E-state index in [1.54, 1.807) is 23.6 Å². The van der Waals surface area contributed by atoms with E-state index in [4.69, 9.17) is 4.74 Å². The van der Waals surface area contributed by atoms with Gasteiger partial charge in [0.15, 0.2) is 6.61 Å². The van der Waals surface area contributed by atoms with Crippen LogP contribution in [0, 0.1) is 20.8 Å². The first-order valence-electron chi connectivity index (χ1n) is 10.3. The molecule has 3 aromatic rings. The average Bonchev–Trinajstić information content (AvgIpc) is 3.05. The summed E-state index contributed by atoms with van der Waals surface area (Å²) in [6, 6.07) is 17.8. The quantitative estimate of drug-likeness (QED) is 0.538. The largest absolute Gasteiger partial charge is 0.452 e. The first kappa shape index (κ1) is 22.3. The molecule has 31 heavy (non-hydrogen) atoms. The van der Waals surface area contributed by atoms with E-state index in [0.29, 0.717) is 17.8 Å². The van der Waals surface area contributed by atoms with Crippen molar-refractivity contribution in [2.45, 2.75) is 40.3 Å². The van der Waals surface area contributed by atoms with Gasteiger partial charge in [-0.1, -0.05) is 60.2 Å². The minimum atomic E-state index is -0.528. The van der Waals surface area contributed by atoms with Crippen LogP contribution in [0.15, 0.2) is 54.6 Å². The molecule has 0 fully saturated rings. The first-order valence-corrected chi connectivity index (χ1v) is 10.3. The number of amides is 1. The molecule has 0 N–H and O–H groups in total. The predicted molar refractivity (Wildman–Crippen MR) is 120 cm³/mol. The fourth-order valence-corrected chi connectivity index (χ4v) is 3.49. The van der Waals surface area contributed by atoms with Crippen molar-refractivity contribution in [2.24, 2.45) is 0 Å². The van der Waals surface area contributed by atoms with Crippen LogP contribution in [-0.2, 0) is 16.1 Å². The second-order valence-corrected chi connectivity index (χ2v) is 7.86. The number of likely N-dealkylation sites (N-methyl/N-ethyl adjacent to an activating group) is 1. The molecule has 0 aliphatic rings. The maximum absolute atomic E-state index is 12.7. The van der Waals surface area contributed by atoms with Crippen molar-refractivity contribution in [1.82, 2.24) is 14.7 Å². The predicted octanol–water partition coefficient (Wildman–Crippen LogP) is 4.23. The fraction of sp³-hybridized carbons (Fsp3) is 0.320. The smallest absolute Gasteiger partial charge is 0.342 e. The minimum Gasteiger partial charge on any atom is -0.452 e. The summed E-state index contributed by atoms with van der Waals surface area (Å²) in [5.74, 6) is -0.786. The molecule has 1 amide bonds. The number of nitrogens with zero attached hydrogens (tertiary/aromatic N) is 3. The Hall–Kier alpha value is -3.41. The molecule has 0 saturated heterocycles. The number of ether oxygens (including phenoxy) is 1. The summed E-state index contributed by atoms with van der Waals surface area (Å²) < 4.78 is 7.15. The van der Waals surface area contributed by atoms with Gasteiger partial charge in [-0.2, -0.15) is 5.10 Å². The van der Waals surface area contributed by atoms with Crippen molar-refractivity contribution < 1.29 is 14.3 Å². The molecule has 0 aliphatic carbocycles. The third-order valence-corrected chi connectivity index (χ3v) is 5.62. The highest BCUT2D eigenvalue weighted by Crippen LogP contribution is 2.19. The summed E-state index contributed by atoms with van der Waals surface area (Å²) in [6.45, 7) is 7.86. The van der Waals surface area contributed by atoms with E-state index in [1.807, 2.05) is 63.2 Å². The van der Waals surface area contributed by atoms with Crippen LogP contribution in [0.5, 0.6) is 0 Å². The molecule has 1 heterocycles. The van der Waals surface area contributed by atoms with E-state index in [2.05, 4.69) is 17.2 Å². The van der Waals surface area contributed by atoms with Gasteiger partial charge < -0.3 is 9.64 Å². The van der Waals surface area contributed by atoms with Gasteiger partial charge in [-0.15, -0.1) is 0 Å². The summed E-state index contributed by atoms with van der Waals surface area (Å²) >= 11 is 0. The number of hydrogen-bond acceptors (Lipinski definition) is 4. The molecular formula is C25H29N3O3. The van der Waals surface area contributed by atoms with Crippen molar-refractivity contribution in [3.63, 3.8) is 0 Å². The van der Waals surface area contributed by atoms with Gasteiger partial charge >= 0.3 is 5.97 Å². The lowest BCUT2D eigenvalue weighted by atomic mass is 10.1. The Morgan fingerprint density at radius 1 is 1.03 bits per heavy atom. The first-order chi connectivity index (χ1) is 14.8. The summed E-state index contributed by atoms with van der Waals surface area (Å²) in [7, 11) is 1.71. The number of carbonyl (C=O) groups excluding carboxylic acids is 2. The third-order valence-electron chi connectivity index (χ3n) is 5.62. The number of benzene rings is 2. The van der Waals surface area contributed by atoms with Crippen LogP contribution in [0.3, 0.4) is 0 Å². The van der Waals surface area contributed by atoms with Gasteiger partial charge in [-0.05, 0) is 38.8 Å². The summed E-state index contributed by atoms with van der Waals surface area (Å²) in [5.41, 5.74) is 5.04. The third kappa shape index (κ3) is 5.20. The Morgan fingerprint density at radius 3 is 2.32 bits per heavy atom. The molecule has 2 aromatic carbocycles. The summed E-state index contributed by atoms with van der Waals surface area (Å²) in [4.78, 5) is 26.9. The zero-order valence-electron chi connectivity index (χ0n) is 18.8. The van der Waals surface area contributed by atoms with Crippen molar-refractivity contribution in [3.05, 3.63) is 88.2 Å². The lowest BCUT2D eigenvalue weighted by molar-refractivity contribution is -0.135. The van der Waals surface area contributed by atoms with Gasteiger partial charge in [0.1, 0.15) is 5.56 Å². The Morgan fingerprint density at radius 2 is 1.68 bits per heavy atom. The fourth-order valence-electron chi connectivity index (χ4n) is 3.49. The molecular weight excluding hydrogens is 390 g/mol. The number of aromatic nitrogens is 2. The SMILES string of the molecule is Cc1ccc(Cn2nc(C)c(C(=O)OCC(=O)N(C)[C@H](C)c3ccccc3)c2C)cc1. The highest BCUT2D eigenvalue weighted by atomic mass is 16.5. The second-order valence-electron chi connectivity index (χ2n) is 7.86. The monoisotopic (exact) mass is 419 g/mol. The average molecular weight is 420 g/mol. The van der Waals surface area contributed by atoms with Crippen LogP contribution in [-0.4, -0.2) is 40.2 Å². The molecule has 0 radical (unpaired) electrons. The number of aryl methyl sites for hydroxylation is 2. The maximum Gasteiger partial charge on any atom is 0.342 e. The molecule has 3 rings (SSSR count). The molecule has 1 aromatic heterocycles.